The van der Waals surface area contributed by atoms with Gasteiger partial charge in [0, 0.05) is 31.9 Å². The lowest BCUT2D eigenvalue weighted by Crippen LogP contribution is -2.49. The molecule has 0 unspecified atom stereocenters. The highest BCUT2D eigenvalue weighted by atomic mass is 32.2. The minimum atomic E-state index is -0.182. The van der Waals surface area contributed by atoms with Gasteiger partial charge in [0.05, 0.1) is 11.4 Å². The third-order valence-corrected chi connectivity index (χ3v) is 8.03. The molecule has 0 aliphatic carbocycles. The van der Waals surface area contributed by atoms with Gasteiger partial charge in [-0.3, -0.25) is 14.5 Å². The summed E-state index contributed by atoms with van der Waals surface area (Å²) in [5, 5.41) is 0.533. The zero-order chi connectivity index (χ0) is 27.4. The van der Waals surface area contributed by atoms with E-state index < -0.39 is 0 Å². The highest BCUT2D eigenvalue weighted by Crippen LogP contribution is 2.30. The van der Waals surface area contributed by atoms with Crippen LogP contribution in [0.1, 0.15) is 36.5 Å². The Bertz CT molecular complexity index is 1370. The van der Waals surface area contributed by atoms with Gasteiger partial charge in [-0.05, 0) is 54.3 Å². The molecule has 6 nitrogen and oxygen atoms in total. The molecule has 0 aromatic heterocycles. The van der Waals surface area contributed by atoms with Crippen molar-refractivity contribution in [2.24, 2.45) is 4.99 Å². The average Bonchev–Trinajstić information content (AvgIpc) is 3.27. The number of aliphatic imine (C=N–C) groups is 1. The summed E-state index contributed by atoms with van der Waals surface area (Å²) in [7, 11) is 0. The molecule has 0 bridgehead atoms. The van der Waals surface area contributed by atoms with Crippen LogP contribution in [0.15, 0.2) is 89.6 Å². The summed E-state index contributed by atoms with van der Waals surface area (Å²) in [6, 6.07) is 26.3. The van der Waals surface area contributed by atoms with Crippen LogP contribution in [0.2, 0.25) is 0 Å². The van der Waals surface area contributed by atoms with Gasteiger partial charge in [-0.2, -0.15) is 0 Å². The van der Waals surface area contributed by atoms with Crippen LogP contribution in [0.25, 0.3) is 6.08 Å². The van der Waals surface area contributed by atoms with Gasteiger partial charge in [-0.1, -0.05) is 85.8 Å². The Labute approximate surface area is 235 Å². The van der Waals surface area contributed by atoms with Crippen LogP contribution in [0, 0.1) is 6.92 Å². The van der Waals surface area contributed by atoms with E-state index in [-0.39, 0.29) is 17.6 Å². The molecule has 1 fully saturated rings. The minimum absolute atomic E-state index is 0.0634. The number of amidine groups is 1. The number of para-hydroxylation sites is 1. The Morgan fingerprint density at radius 3 is 2.21 bits per heavy atom. The predicted octanol–water partition coefficient (Wildman–Crippen LogP) is 5.94. The van der Waals surface area contributed by atoms with Crippen molar-refractivity contribution in [1.82, 2.24) is 4.90 Å². The number of hydrogen-bond donors (Lipinski definition) is 0. The fraction of sp³-hybridized carbons (Fsp3) is 0.281. The standard InChI is InChI=1S/C32H34N4O2S/c1-23(2)26-13-11-25(12-14-26)21-29-31(38)36(28-15-9-24(3)10-16-28)32(33-29)39-22-30(37)35-19-17-34(18-20-35)27-7-5-4-6-8-27/h4-16,21,23H,17-20,22H2,1-3H3/b29-21+. The zero-order valence-corrected chi connectivity index (χ0v) is 23.5. The average molecular weight is 539 g/mol. The number of piperazine rings is 1. The van der Waals surface area contributed by atoms with E-state index in [9.17, 15) is 9.59 Å². The van der Waals surface area contributed by atoms with E-state index in [1.165, 1.54) is 23.0 Å². The third kappa shape index (κ3) is 6.25. The van der Waals surface area contributed by atoms with Gasteiger partial charge < -0.3 is 9.80 Å². The first-order valence-corrected chi connectivity index (χ1v) is 14.4. The van der Waals surface area contributed by atoms with Crippen LogP contribution >= 0.6 is 11.8 Å². The summed E-state index contributed by atoms with van der Waals surface area (Å²) in [6.45, 7) is 9.30. The van der Waals surface area contributed by atoms with Crippen LogP contribution in [0.5, 0.6) is 0 Å². The molecule has 0 radical (unpaired) electrons. The van der Waals surface area contributed by atoms with Crippen molar-refractivity contribution in [3.05, 3.63) is 101 Å². The summed E-state index contributed by atoms with van der Waals surface area (Å²) in [5.41, 5.74) is 5.60. The molecule has 1 saturated heterocycles. The van der Waals surface area contributed by atoms with Crippen LogP contribution in [0.4, 0.5) is 11.4 Å². The first kappa shape index (κ1) is 26.8. The molecule has 0 saturated carbocycles. The summed E-state index contributed by atoms with van der Waals surface area (Å²) in [5.74, 6) is 0.555. The minimum Gasteiger partial charge on any atom is -0.368 e. The predicted molar refractivity (Wildman–Crippen MR) is 162 cm³/mol. The topological polar surface area (TPSA) is 56.2 Å². The summed E-state index contributed by atoms with van der Waals surface area (Å²) in [4.78, 5) is 37.2. The van der Waals surface area contributed by atoms with Crippen LogP contribution in [0.3, 0.4) is 0 Å². The van der Waals surface area contributed by atoms with Gasteiger partial charge in [0.15, 0.2) is 5.17 Å². The molecule has 3 aromatic rings. The lowest BCUT2D eigenvalue weighted by atomic mass is 10.0. The highest BCUT2D eigenvalue weighted by Gasteiger charge is 2.33. The fourth-order valence-electron chi connectivity index (χ4n) is 4.72. The Balaban J connectivity index is 1.30. The van der Waals surface area contributed by atoms with Gasteiger partial charge in [-0.25, -0.2) is 4.99 Å². The second-order valence-corrected chi connectivity index (χ2v) is 11.2. The molecule has 2 aliphatic heterocycles. The van der Waals surface area contributed by atoms with Crippen LogP contribution in [-0.4, -0.2) is 53.8 Å². The van der Waals surface area contributed by atoms with Crippen molar-refractivity contribution in [3.63, 3.8) is 0 Å². The molecule has 5 rings (SSSR count). The normalized spacial score (nSPS) is 16.8. The third-order valence-electron chi connectivity index (χ3n) is 7.11. The Morgan fingerprint density at radius 1 is 0.897 bits per heavy atom. The highest BCUT2D eigenvalue weighted by molar-refractivity contribution is 8.14. The molecule has 2 heterocycles. The molecule has 7 heteroatoms. The Morgan fingerprint density at radius 2 is 1.56 bits per heavy atom. The maximum atomic E-state index is 13.5. The molecular weight excluding hydrogens is 504 g/mol. The molecule has 0 atom stereocenters. The van der Waals surface area contributed by atoms with Gasteiger partial charge in [-0.15, -0.1) is 0 Å². The van der Waals surface area contributed by atoms with E-state index >= 15 is 0 Å². The monoisotopic (exact) mass is 538 g/mol. The molecule has 0 spiro atoms. The lowest BCUT2D eigenvalue weighted by Gasteiger charge is -2.36. The van der Waals surface area contributed by atoms with Crippen LogP contribution < -0.4 is 9.80 Å². The van der Waals surface area contributed by atoms with Crippen molar-refractivity contribution in [3.8, 4) is 0 Å². The Hall–Kier alpha value is -3.84. The molecule has 3 aromatic carbocycles. The second-order valence-electron chi connectivity index (χ2n) is 10.2. The van der Waals surface area contributed by atoms with E-state index in [1.54, 1.807) is 4.90 Å². The van der Waals surface area contributed by atoms with Crippen molar-refractivity contribution in [1.29, 1.82) is 0 Å². The van der Waals surface area contributed by atoms with Crippen molar-refractivity contribution >= 4 is 46.2 Å². The summed E-state index contributed by atoms with van der Waals surface area (Å²) in [6.07, 6.45) is 1.83. The molecule has 39 heavy (non-hydrogen) atoms. The number of rotatable bonds is 6. The van der Waals surface area contributed by atoms with Gasteiger partial charge >= 0.3 is 0 Å². The van der Waals surface area contributed by atoms with E-state index in [1.807, 2.05) is 72.5 Å². The quantitative estimate of drug-likeness (QED) is 0.364. The largest absolute Gasteiger partial charge is 0.368 e. The van der Waals surface area contributed by atoms with E-state index in [0.29, 0.717) is 29.9 Å². The number of anilines is 2. The van der Waals surface area contributed by atoms with Gasteiger partial charge in [0.1, 0.15) is 5.70 Å². The molecule has 0 N–H and O–H groups in total. The first-order chi connectivity index (χ1) is 18.9. The molecule has 2 amide bonds. The van der Waals surface area contributed by atoms with E-state index in [4.69, 9.17) is 4.99 Å². The SMILES string of the molecule is Cc1ccc(N2C(=O)/C(=C\c3ccc(C(C)C)cc3)N=C2SCC(=O)N2CCN(c3ccccc3)CC2)cc1. The summed E-state index contributed by atoms with van der Waals surface area (Å²) >= 11 is 1.32. The van der Waals surface area contributed by atoms with Crippen molar-refractivity contribution in [2.45, 2.75) is 26.7 Å². The number of aryl methyl sites for hydroxylation is 1. The Kier molecular flexibility index (Phi) is 8.17. The smallest absolute Gasteiger partial charge is 0.283 e. The number of hydrogen-bond acceptors (Lipinski definition) is 5. The van der Waals surface area contributed by atoms with Gasteiger partial charge in [0.25, 0.3) is 5.91 Å². The number of carbonyl (C=O) groups is 2. The van der Waals surface area contributed by atoms with Crippen molar-refractivity contribution < 1.29 is 9.59 Å². The van der Waals surface area contributed by atoms with Gasteiger partial charge in [0.2, 0.25) is 5.91 Å². The number of nitrogens with zero attached hydrogens (tertiary/aromatic N) is 4. The summed E-state index contributed by atoms with van der Waals surface area (Å²) < 4.78 is 0. The van der Waals surface area contributed by atoms with E-state index in [2.05, 4.69) is 43.0 Å². The number of benzene rings is 3. The lowest BCUT2D eigenvalue weighted by molar-refractivity contribution is -0.128. The maximum Gasteiger partial charge on any atom is 0.283 e. The zero-order valence-electron chi connectivity index (χ0n) is 22.7. The fourth-order valence-corrected chi connectivity index (χ4v) is 5.64. The number of thioether (sulfide) groups is 1. The molecular formula is C32H34N4O2S. The second kappa shape index (κ2) is 11.9. The first-order valence-electron chi connectivity index (χ1n) is 13.4. The van der Waals surface area contributed by atoms with Crippen LogP contribution in [-0.2, 0) is 9.59 Å². The molecule has 200 valence electrons. The number of amides is 2. The maximum absolute atomic E-state index is 13.5. The van der Waals surface area contributed by atoms with E-state index in [0.717, 1.165) is 29.9 Å². The molecule has 2 aliphatic rings. The number of carbonyl (C=O) groups excluding carboxylic acids is 2. The van der Waals surface area contributed by atoms with Crippen molar-refractivity contribution in [2.75, 3.05) is 41.7 Å².